The molecule has 12 heteroatoms. The number of carbonyl (C=O) groups is 2. The molecule has 1 aliphatic heterocycles. The van der Waals surface area contributed by atoms with E-state index in [2.05, 4.69) is 4.90 Å². The van der Waals surface area contributed by atoms with Crippen molar-refractivity contribution in [3.05, 3.63) is 17.7 Å². The van der Waals surface area contributed by atoms with Crippen LogP contribution in [0.15, 0.2) is 12.1 Å². The zero-order valence-corrected chi connectivity index (χ0v) is 18.3. The van der Waals surface area contributed by atoms with E-state index in [0.717, 1.165) is 5.56 Å². The van der Waals surface area contributed by atoms with Crippen molar-refractivity contribution < 1.29 is 42.4 Å². The van der Waals surface area contributed by atoms with Crippen LogP contribution < -0.4 is 14.2 Å². The summed E-state index contributed by atoms with van der Waals surface area (Å²) in [5.74, 6) is -1.65. The second-order valence-electron chi connectivity index (χ2n) is 6.18. The van der Waals surface area contributed by atoms with Gasteiger partial charge in [0.2, 0.25) is 15.8 Å². The first-order chi connectivity index (χ1) is 14.1. The van der Waals surface area contributed by atoms with E-state index < -0.39 is 22.0 Å². The van der Waals surface area contributed by atoms with Gasteiger partial charge in [-0.05, 0) is 13.0 Å². The van der Waals surface area contributed by atoms with Crippen LogP contribution in [0.2, 0.25) is 0 Å². The Morgan fingerprint density at radius 3 is 1.87 bits per heavy atom. The molecule has 0 unspecified atom stereocenters. The minimum absolute atomic E-state index is 0.149. The number of benzene rings is 1. The summed E-state index contributed by atoms with van der Waals surface area (Å²) in [6, 6.07) is 3.81. The lowest BCUT2D eigenvalue weighted by Crippen LogP contribution is -2.48. The van der Waals surface area contributed by atoms with Crippen molar-refractivity contribution in [2.45, 2.75) is 13.5 Å². The molecule has 0 amide bonds. The highest BCUT2D eigenvalue weighted by atomic mass is 32.2. The third-order valence-corrected chi connectivity index (χ3v) is 6.33. The molecule has 1 saturated heterocycles. The van der Waals surface area contributed by atoms with E-state index in [4.69, 9.17) is 34.0 Å². The molecule has 0 saturated carbocycles. The number of methoxy groups -OCH3 is 3. The summed E-state index contributed by atoms with van der Waals surface area (Å²) >= 11 is 0. The molecule has 0 bridgehead atoms. The molecule has 30 heavy (non-hydrogen) atoms. The highest BCUT2D eigenvalue weighted by Gasteiger charge is 2.26. The average molecular weight is 448 g/mol. The molecular weight excluding hydrogens is 420 g/mol. The number of carboxylic acids is 2. The van der Waals surface area contributed by atoms with Crippen LogP contribution in [0.5, 0.6) is 17.2 Å². The van der Waals surface area contributed by atoms with Crippen LogP contribution in [0, 0.1) is 0 Å². The third-order valence-electron chi connectivity index (χ3n) is 4.45. The van der Waals surface area contributed by atoms with E-state index in [-0.39, 0.29) is 5.75 Å². The van der Waals surface area contributed by atoms with Gasteiger partial charge < -0.3 is 24.4 Å². The number of hydrogen-bond acceptors (Lipinski definition) is 8. The number of rotatable bonds is 7. The lowest BCUT2D eigenvalue weighted by Gasteiger charge is -2.34. The maximum absolute atomic E-state index is 11.9. The topological polar surface area (TPSA) is 143 Å². The van der Waals surface area contributed by atoms with Crippen molar-refractivity contribution in [3.63, 3.8) is 0 Å². The van der Waals surface area contributed by atoms with Gasteiger partial charge in [-0.2, -0.15) is 4.31 Å². The number of carboxylic acid groups (broad SMARTS) is 2. The van der Waals surface area contributed by atoms with E-state index >= 15 is 0 Å². The van der Waals surface area contributed by atoms with Gasteiger partial charge in [-0.25, -0.2) is 18.0 Å². The number of ether oxygens (including phenoxy) is 3. The van der Waals surface area contributed by atoms with Crippen molar-refractivity contribution in [3.8, 4) is 17.2 Å². The van der Waals surface area contributed by atoms with E-state index in [1.807, 2.05) is 12.1 Å². The molecule has 1 aromatic carbocycles. The van der Waals surface area contributed by atoms with Crippen molar-refractivity contribution in [2.75, 3.05) is 53.3 Å². The fourth-order valence-corrected chi connectivity index (χ4v) is 3.96. The second-order valence-corrected chi connectivity index (χ2v) is 8.44. The number of sulfonamides is 1. The molecule has 1 aliphatic rings. The molecule has 2 rings (SSSR count). The van der Waals surface area contributed by atoms with Gasteiger partial charge in [0, 0.05) is 38.3 Å². The SMILES string of the molecule is CCS(=O)(=O)N1CCN(Cc2ccc(OC)c(OC)c2OC)CC1.O=C(O)C(=O)O. The molecule has 0 radical (unpaired) electrons. The number of aliphatic carboxylic acids is 2. The van der Waals surface area contributed by atoms with Gasteiger partial charge in [0.15, 0.2) is 11.5 Å². The molecular formula is C18H28N2O9S. The first-order valence-electron chi connectivity index (χ1n) is 9.05. The zero-order valence-electron chi connectivity index (χ0n) is 17.5. The fourth-order valence-electron chi connectivity index (χ4n) is 2.88. The summed E-state index contributed by atoms with van der Waals surface area (Å²) in [6.45, 7) is 4.77. The fraction of sp³-hybridized carbons (Fsp3) is 0.556. The summed E-state index contributed by atoms with van der Waals surface area (Å²) in [5, 5.41) is 14.8. The predicted molar refractivity (Wildman–Crippen MR) is 108 cm³/mol. The van der Waals surface area contributed by atoms with Gasteiger partial charge >= 0.3 is 11.9 Å². The summed E-state index contributed by atoms with van der Waals surface area (Å²) < 4.78 is 41.6. The molecule has 0 spiro atoms. The normalized spacial score (nSPS) is 14.9. The third kappa shape index (κ3) is 6.75. The average Bonchev–Trinajstić information content (AvgIpc) is 2.73. The Hall–Kier alpha value is -2.57. The first-order valence-corrected chi connectivity index (χ1v) is 10.7. The van der Waals surface area contributed by atoms with E-state index in [0.29, 0.717) is 50.0 Å². The monoisotopic (exact) mass is 448 g/mol. The summed E-state index contributed by atoms with van der Waals surface area (Å²) in [4.78, 5) is 20.4. The molecule has 170 valence electrons. The van der Waals surface area contributed by atoms with Crippen molar-refractivity contribution >= 4 is 22.0 Å². The van der Waals surface area contributed by atoms with Crippen LogP contribution in [-0.4, -0.2) is 93.0 Å². The van der Waals surface area contributed by atoms with Gasteiger partial charge in [0.1, 0.15) is 0 Å². The van der Waals surface area contributed by atoms with Crippen LogP contribution in [0.3, 0.4) is 0 Å². The van der Waals surface area contributed by atoms with Crippen molar-refractivity contribution in [2.24, 2.45) is 0 Å². The maximum atomic E-state index is 11.9. The largest absolute Gasteiger partial charge is 0.493 e. The predicted octanol–water partition coefficient (Wildman–Crippen LogP) is 0.335. The van der Waals surface area contributed by atoms with Crippen LogP contribution in [0.25, 0.3) is 0 Å². The van der Waals surface area contributed by atoms with Gasteiger partial charge in [-0.3, -0.25) is 4.90 Å². The van der Waals surface area contributed by atoms with E-state index in [1.54, 1.807) is 32.6 Å². The lowest BCUT2D eigenvalue weighted by atomic mass is 10.1. The zero-order chi connectivity index (χ0) is 22.9. The Morgan fingerprint density at radius 2 is 1.47 bits per heavy atom. The Kier molecular flexibility index (Phi) is 9.82. The second kappa shape index (κ2) is 11.6. The summed E-state index contributed by atoms with van der Waals surface area (Å²) in [6.07, 6.45) is 0. The van der Waals surface area contributed by atoms with Crippen molar-refractivity contribution in [1.29, 1.82) is 0 Å². The molecule has 0 aliphatic carbocycles. The van der Waals surface area contributed by atoms with E-state index in [1.165, 1.54) is 0 Å². The molecule has 1 heterocycles. The Morgan fingerprint density at radius 1 is 0.933 bits per heavy atom. The number of hydrogen-bond donors (Lipinski definition) is 2. The smallest absolute Gasteiger partial charge is 0.414 e. The van der Waals surface area contributed by atoms with Gasteiger partial charge in [0.25, 0.3) is 0 Å². The highest BCUT2D eigenvalue weighted by molar-refractivity contribution is 7.89. The van der Waals surface area contributed by atoms with Crippen molar-refractivity contribution in [1.82, 2.24) is 9.21 Å². The Bertz CT molecular complexity index is 822. The Labute approximate surface area is 175 Å². The lowest BCUT2D eigenvalue weighted by molar-refractivity contribution is -0.159. The quantitative estimate of drug-likeness (QED) is 0.560. The summed E-state index contributed by atoms with van der Waals surface area (Å²) in [5.41, 5.74) is 0.988. The minimum atomic E-state index is -3.10. The first kappa shape index (κ1) is 25.5. The Balaban J connectivity index is 0.000000656. The molecule has 0 aromatic heterocycles. The van der Waals surface area contributed by atoms with Crippen LogP contribution in [0.1, 0.15) is 12.5 Å². The van der Waals surface area contributed by atoms with Crippen LogP contribution >= 0.6 is 0 Å². The minimum Gasteiger partial charge on any atom is -0.493 e. The molecule has 1 aromatic rings. The van der Waals surface area contributed by atoms with E-state index in [9.17, 15) is 8.42 Å². The van der Waals surface area contributed by atoms with Gasteiger partial charge in [-0.15, -0.1) is 0 Å². The molecule has 2 N–H and O–H groups in total. The number of nitrogens with zero attached hydrogens (tertiary/aromatic N) is 2. The van der Waals surface area contributed by atoms with Crippen LogP contribution in [-0.2, 0) is 26.2 Å². The molecule has 1 fully saturated rings. The van der Waals surface area contributed by atoms with Gasteiger partial charge in [-0.1, -0.05) is 6.07 Å². The van der Waals surface area contributed by atoms with Gasteiger partial charge in [0.05, 0.1) is 27.1 Å². The number of piperazine rings is 1. The van der Waals surface area contributed by atoms with Crippen LogP contribution in [0.4, 0.5) is 0 Å². The standard InChI is InChI=1S/C16H26N2O5S.C2H2O4/c1-5-24(19,20)18-10-8-17(9-11-18)12-13-6-7-14(21-2)16(23-4)15(13)22-3;3-1(4)2(5)6/h6-7H,5,8-12H2,1-4H3;(H,3,4)(H,5,6). The maximum Gasteiger partial charge on any atom is 0.414 e. The molecule has 11 nitrogen and oxygen atoms in total. The highest BCUT2D eigenvalue weighted by Crippen LogP contribution is 2.40. The summed E-state index contributed by atoms with van der Waals surface area (Å²) in [7, 11) is 1.67. The molecule has 0 atom stereocenters.